The van der Waals surface area contributed by atoms with Gasteiger partial charge in [-0.1, -0.05) is 0 Å². The highest BCUT2D eigenvalue weighted by atomic mass is 79.9. The fraction of sp³-hybridized carbons (Fsp3) is 0.533. The van der Waals surface area contributed by atoms with Crippen molar-refractivity contribution in [2.75, 3.05) is 25.1 Å². The van der Waals surface area contributed by atoms with Crippen LogP contribution in [-0.4, -0.2) is 36.4 Å². The predicted octanol–water partition coefficient (Wildman–Crippen LogP) is 3.21. The first-order chi connectivity index (χ1) is 10.2. The minimum atomic E-state index is 0.411. The number of aliphatic imine (C=N–C) groups is 1. The number of methoxy groups -OCH3 is 1. The van der Waals surface area contributed by atoms with Gasteiger partial charge in [-0.15, -0.1) is 0 Å². The van der Waals surface area contributed by atoms with Crippen molar-refractivity contribution in [3.8, 4) is 6.01 Å². The molecule has 0 spiro atoms. The Bertz CT molecular complexity index is 591. The van der Waals surface area contributed by atoms with Gasteiger partial charge in [-0.2, -0.15) is 4.98 Å². The highest BCUT2D eigenvalue weighted by Gasteiger charge is 2.26. The van der Waals surface area contributed by atoms with Crippen LogP contribution in [0.2, 0.25) is 0 Å². The van der Waals surface area contributed by atoms with Crippen LogP contribution in [0.1, 0.15) is 26.2 Å². The van der Waals surface area contributed by atoms with Crippen molar-refractivity contribution >= 4 is 28.0 Å². The minimum absolute atomic E-state index is 0.411. The van der Waals surface area contributed by atoms with Crippen molar-refractivity contribution in [1.82, 2.24) is 9.97 Å². The fourth-order valence-electron chi connectivity index (χ4n) is 2.98. The van der Waals surface area contributed by atoms with Gasteiger partial charge in [0.15, 0.2) is 0 Å². The lowest BCUT2D eigenvalue weighted by atomic mass is 9.91. The third-order valence-electron chi connectivity index (χ3n) is 4.13. The van der Waals surface area contributed by atoms with Gasteiger partial charge in [0.25, 0.3) is 0 Å². The Labute approximate surface area is 133 Å². The van der Waals surface area contributed by atoms with Crippen LogP contribution in [0.25, 0.3) is 0 Å². The number of ether oxygens (including phenoxy) is 1. The molecule has 0 radical (unpaired) electrons. The molecule has 0 atom stereocenters. The van der Waals surface area contributed by atoms with Crippen LogP contribution in [0.3, 0.4) is 0 Å². The first kappa shape index (κ1) is 14.5. The highest BCUT2D eigenvalue weighted by molar-refractivity contribution is 9.10. The Morgan fingerprint density at radius 1 is 1.33 bits per heavy atom. The molecule has 1 aromatic heterocycles. The molecule has 0 aliphatic carbocycles. The van der Waals surface area contributed by atoms with E-state index in [0.29, 0.717) is 11.9 Å². The second-order valence-electron chi connectivity index (χ2n) is 5.47. The van der Waals surface area contributed by atoms with E-state index < -0.39 is 0 Å². The molecule has 0 amide bonds. The molecule has 2 aliphatic rings. The summed E-state index contributed by atoms with van der Waals surface area (Å²) in [6.07, 6.45) is 7.03. The van der Waals surface area contributed by atoms with Crippen LogP contribution < -0.4 is 9.64 Å². The Balaban J connectivity index is 1.71. The molecule has 21 heavy (non-hydrogen) atoms. The van der Waals surface area contributed by atoms with Crippen LogP contribution in [-0.2, 0) is 0 Å². The third kappa shape index (κ3) is 2.95. The van der Waals surface area contributed by atoms with Crippen molar-refractivity contribution in [2.45, 2.75) is 26.2 Å². The van der Waals surface area contributed by atoms with Gasteiger partial charge >= 0.3 is 6.01 Å². The number of nitrogens with zero attached hydrogens (tertiary/aromatic N) is 4. The number of piperidine rings is 1. The number of rotatable bonds is 3. The molecule has 3 heterocycles. The molecule has 0 bridgehead atoms. The van der Waals surface area contributed by atoms with Gasteiger partial charge in [0.1, 0.15) is 5.82 Å². The summed E-state index contributed by atoms with van der Waals surface area (Å²) in [7, 11) is 1.59. The summed E-state index contributed by atoms with van der Waals surface area (Å²) in [5, 5.41) is 0. The molecule has 3 rings (SSSR count). The minimum Gasteiger partial charge on any atom is -0.467 e. The molecule has 1 aromatic rings. The Kier molecular flexibility index (Phi) is 4.24. The predicted molar refractivity (Wildman–Crippen MR) is 87.0 cm³/mol. The van der Waals surface area contributed by atoms with E-state index in [2.05, 4.69) is 42.7 Å². The van der Waals surface area contributed by atoms with Gasteiger partial charge in [-0.25, -0.2) is 4.98 Å². The van der Waals surface area contributed by atoms with E-state index in [1.165, 1.54) is 11.3 Å². The first-order valence-electron chi connectivity index (χ1n) is 7.22. The van der Waals surface area contributed by atoms with E-state index in [4.69, 9.17) is 4.74 Å². The summed E-state index contributed by atoms with van der Waals surface area (Å²) in [5.41, 5.74) is 2.74. The van der Waals surface area contributed by atoms with E-state index in [9.17, 15) is 0 Å². The molecule has 0 aromatic carbocycles. The number of aromatic nitrogens is 2. The van der Waals surface area contributed by atoms with Gasteiger partial charge in [-0.05, 0) is 41.3 Å². The van der Waals surface area contributed by atoms with E-state index >= 15 is 0 Å². The Morgan fingerprint density at radius 2 is 2.10 bits per heavy atom. The number of halogens is 1. The number of hydrogen-bond acceptors (Lipinski definition) is 5. The smallest absolute Gasteiger partial charge is 0.318 e. The second-order valence-corrected chi connectivity index (χ2v) is 6.33. The zero-order valence-electron chi connectivity index (χ0n) is 12.3. The summed E-state index contributed by atoms with van der Waals surface area (Å²) in [4.78, 5) is 15.4. The molecule has 5 nitrogen and oxygen atoms in total. The van der Waals surface area contributed by atoms with Crippen molar-refractivity contribution in [3.05, 3.63) is 21.9 Å². The van der Waals surface area contributed by atoms with Crippen LogP contribution in [0, 0.1) is 5.92 Å². The van der Waals surface area contributed by atoms with Crippen LogP contribution in [0.4, 0.5) is 5.82 Å². The summed E-state index contributed by atoms with van der Waals surface area (Å²) < 4.78 is 6.03. The lowest BCUT2D eigenvalue weighted by molar-refractivity contribution is 0.378. The highest BCUT2D eigenvalue weighted by Crippen LogP contribution is 2.34. The average Bonchev–Trinajstić information content (AvgIpc) is 2.94. The maximum absolute atomic E-state index is 5.12. The molecule has 6 heteroatoms. The first-order valence-corrected chi connectivity index (χ1v) is 8.02. The number of anilines is 1. The summed E-state index contributed by atoms with van der Waals surface area (Å²) in [6.45, 7) is 4.16. The maximum atomic E-state index is 5.12. The summed E-state index contributed by atoms with van der Waals surface area (Å²) in [5.74, 6) is 1.50. The topological polar surface area (TPSA) is 50.6 Å². The van der Waals surface area contributed by atoms with E-state index in [1.54, 1.807) is 13.3 Å². The molecule has 112 valence electrons. The van der Waals surface area contributed by atoms with Crippen LogP contribution in [0.5, 0.6) is 6.01 Å². The molecule has 0 N–H and O–H groups in total. The van der Waals surface area contributed by atoms with Crippen molar-refractivity contribution in [3.63, 3.8) is 0 Å². The number of hydrogen-bond donors (Lipinski definition) is 0. The van der Waals surface area contributed by atoms with Crippen LogP contribution in [0.15, 0.2) is 26.9 Å². The summed E-state index contributed by atoms with van der Waals surface area (Å²) >= 11 is 3.53. The third-order valence-corrected chi connectivity index (χ3v) is 4.69. The van der Waals surface area contributed by atoms with Gasteiger partial charge in [0.05, 0.1) is 17.8 Å². The van der Waals surface area contributed by atoms with Crippen molar-refractivity contribution in [1.29, 1.82) is 0 Å². The van der Waals surface area contributed by atoms with Gasteiger partial charge in [0, 0.05) is 37.3 Å². The van der Waals surface area contributed by atoms with E-state index in [0.717, 1.165) is 42.6 Å². The second kappa shape index (κ2) is 6.13. The number of allylic oxidation sites excluding steroid dienone is 2. The van der Waals surface area contributed by atoms with Gasteiger partial charge < -0.3 is 9.64 Å². The van der Waals surface area contributed by atoms with Gasteiger partial charge in [-0.3, -0.25) is 4.99 Å². The average molecular weight is 351 g/mol. The van der Waals surface area contributed by atoms with Crippen molar-refractivity contribution < 1.29 is 4.74 Å². The fourth-order valence-corrected chi connectivity index (χ4v) is 3.42. The lowest BCUT2D eigenvalue weighted by Gasteiger charge is -2.33. The Hall–Kier alpha value is -1.43. The molecule has 1 saturated heterocycles. The molecule has 0 unspecified atom stereocenters. The lowest BCUT2D eigenvalue weighted by Crippen LogP contribution is -2.35. The summed E-state index contributed by atoms with van der Waals surface area (Å²) in [6, 6.07) is 0.411. The van der Waals surface area contributed by atoms with Gasteiger partial charge in [0.2, 0.25) is 0 Å². The molecule has 2 aliphatic heterocycles. The van der Waals surface area contributed by atoms with Crippen molar-refractivity contribution in [2.24, 2.45) is 10.9 Å². The normalized spacial score (nSPS) is 19.5. The zero-order valence-corrected chi connectivity index (χ0v) is 13.9. The van der Waals surface area contributed by atoms with E-state index in [1.807, 2.05) is 6.21 Å². The maximum Gasteiger partial charge on any atom is 0.318 e. The van der Waals surface area contributed by atoms with E-state index in [-0.39, 0.29) is 0 Å². The van der Waals surface area contributed by atoms with Crippen LogP contribution >= 0.6 is 15.9 Å². The quantitative estimate of drug-likeness (QED) is 0.839. The molecular weight excluding hydrogens is 332 g/mol. The SMILES string of the molecule is COc1ncc(Br)c(N2CCC(C3=C(C)CC=N3)CC2)n1. The molecule has 1 fully saturated rings. The Morgan fingerprint density at radius 3 is 2.71 bits per heavy atom. The standard InChI is InChI=1S/C15H19BrN4O/c1-10-3-6-17-13(10)11-4-7-20(8-5-11)14-12(16)9-18-15(19-14)21-2/h6,9,11H,3-5,7-8H2,1-2H3. The largest absolute Gasteiger partial charge is 0.467 e. The monoisotopic (exact) mass is 350 g/mol. The molecule has 0 saturated carbocycles. The molecular formula is C15H19BrN4O. The zero-order chi connectivity index (χ0) is 14.8.